The highest BCUT2D eigenvalue weighted by atomic mass is 16.6. The molecule has 0 radical (unpaired) electrons. The Morgan fingerprint density at radius 2 is 1.62 bits per heavy atom. The van der Waals surface area contributed by atoms with Crippen LogP contribution in [0.25, 0.3) is 0 Å². The number of amides is 3. The zero-order valence-electron chi connectivity index (χ0n) is 24.2. The van der Waals surface area contributed by atoms with Gasteiger partial charge in [0.1, 0.15) is 23.4 Å². The summed E-state index contributed by atoms with van der Waals surface area (Å²) in [6.45, 7) is 11.3. The summed E-state index contributed by atoms with van der Waals surface area (Å²) in [4.78, 5) is 42.6. The molecular formula is C31H43N3O5. The summed E-state index contributed by atoms with van der Waals surface area (Å²) >= 11 is 0. The first kappa shape index (κ1) is 30.0. The number of hydrogen-bond donors (Lipinski definition) is 2. The molecule has 39 heavy (non-hydrogen) atoms. The second-order valence-corrected chi connectivity index (χ2v) is 11.2. The zero-order chi connectivity index (χ0) is 28.7. The number of ether oxygens (including phenoxy) is 2. The lowest BCUT2D eigenvalue weighted by Crippen LogP contribution is -2.55. The van der Waals surface area contributed by atoms with Gasteiger partial charge in [0.25, 0.3) is 5.91 Å². The third kappa shape index (κ3) is 8.22. The van der Waals surface area contributed by atoms with Gasteiger partial charge in [-0.25, -0.2) is 4.79 Å². The molecule has 212 valence electrons. The van der Waals surface area contributed by atoms with Gasteiger partial charge in [-0.3, -0.25) is 9.59 Å². The molecule has 8 heteroatoms. The number of benzene rings is 2. The highest BCUT2D eigenvalue weighted by Gasteiger charge is 2.45. The standard InChI is InChI=1S/C31H43N3O5/c1-8-20(3)26(33-30(37)39-31(4,5)6)29(36)34(24-16-17-24)27(22-12-10-21(9-2)11-13-22)28(35)32-23-14-18-25(38-7)19-15-23/h10-15,18-20,24,26-27H,8-9,16-17H2,1-7H3,(H,32,35)(H,33,37). The first-order chi connectivity index (χ1) is 18.5. The summed E-state index contributed by atoms with van der Waals surface area (Å²) in [6.07, 6.45) is 2.47. The quantitative estimate of drug-likeness (QED) is 0.374. The van der Waals surface area contributed by atoms with E-state index in [2.05, 4.69) is 17.6 Å². The van der Waals surface area contributed by atoms with E-state index in [0.717, 1.165) is 30.4 Å². The Labute approximate surface area is 232 Å². The minimum atomic E-state index is -0.870. The molecule has 3 unspecified atom stereocenters. The molecule has 0 aliphatic heterocycles. The van der Waals surface area contributed by atoms with Crippen LogP contribution in [0.1, 0.15) is 78.0 Å². The van der Waals surface area contributed by atoms with E-state index in [1.807, 2.05) is 38.1 Å². The van der Waals surface area contributed by atoms with Crippen LogP contribution in [-0.4, -0.2) is 47.6 Å². The molecule has 0 bridgehead atoms. The number of anilines is 1. The molecule has 0 aromatic heterocycles. The zero-order valence-corrected chi connectivity index (χ0v) is 24.2. The van der Waals surface area contributed by atoms with Crippen LogP contribution in [0.2, 0.25) is 0 Å². The van der Waals surface area contributed by atoms with Crippen molar-refractivity contribution in [3.8, 4) is 5.75 Å². The van der Waals surface area contributed by atoms with Crippen molar-refractivity contribution in [3.63, 3.8) is 0 Å². The Bertz CT molecular complexity index is 1120. The molecule has 1 saturated carbocycles. The maximum absolute atomic E-state index is 14.3. The summed E-state index contributed by atoms with van der Waals surface area (Å²) in [6, 6.07) is 13.1. The third-order valence-electron chi connectivity index (χ3n) is 6.93. The van der Waals surface area contributed by atoms with Gasteiger partial charge in [0.2, 0.25) is 5.91 Å². The van der Waals surface area contributed by atoms with E-state index in [9.17, 15) is 14.4 Å². The van der Waals surface area contributed by atoms with Gasteiger partial charge in [0, 0.05) is 11.7 Å². The van der Waals surface area contributed by atoms with Crippen LogP contribution in [0.4, 0.5) is 10.5 Å². The van der Waals surface area contributed by atoms with Gasteiger partial charge in [-0.1, -0.05) is 51.5 Å². The topological polar surface area (TPSA) is 97.0 Å². The fourth-order valence-electron chi connectivity index (χ4n) is 4.41. The number of hydrogen-bond acceptors (Lipinski definition) is 5. The van der Waals surface area contributed by atoms with Gasteiger partial charge < -0.3 is 25.0 Å². The van der Waals surface area contributed by atoms with Crippen LogP contribution in [0.15, 0.2) is 48.5 Å². The van der Waals surface area contributed by atoms with Crippen molar-refractivity contribution in [1.82, 2.24) is 10.2 Å². The summed E-state index contributed by atoms with van der Waals surface area (Å²) < 4.78 is 10.7. The van der Waals surface area contributed by atoms with Crippen molar-refractivity contribution in [2.24, 2.45) is 5.92 Å². The number of carbonyl (C=O) groups is 3. The Morgan fingerprint density at radius 1 is 1.00 bits per heavy atom. The SMILES string of the molecule is CCc1ccc(C(C(=O)Nc2ccc(OC)cc2)N(C(=O)C(NC(=O)OC(C)(C)C)C(C)CC)C2CC2)cc1. The Kier molecular flexibility index (Phi) is 10.0. The van der Waals surface area contributed by atoms with Crippen molar-refractivity contribution in [3.05, 3.63) is 59.7 Å². The van der Waals surface area contributed by atoms with Crippen LogP contribution in [-0.2, 0) is 20.7 Å². The molecule has 8 nitrogen and oxygen atoms in total. The normalized spacial score (nSPS) is 15.5. The van der Waals surface area contributed by atoms with Gasteiger partial charge in [-0.2, -0.15) is 0 Å². The molecule has 0 saturated heterocycles. The van der Waals surface area contributed by atoms with Gasteiger partial charge in [-0.05, 0) is 81.3 Å². The smallest absolute Gasteiger partial charge is 0.408 e. The van der Waals surface area contributed by atoms with E-state index in [-0.39, 0.29) is 23.8 Å². The molecule has 2 N–H and O–H groups in total. The van der Waals surface area contributed by atoms with Gasteiger partial charge in [-0.15, -0.1) is 0 Å². The number of nitrogens with zero attached hydrogens (tertiary/aromatic N) is 1. The van der Waals surface area contributed by atoms with Gasteiger partial charge in [0.15, 0.2) is 0 Å². The summed E-state index contributed by atoms with van der Waals surface area (Å²) in [7, 11) is 1.59. The minimum absolute atomic E-state index is 0.0954. The number of alkyl carbamates (subject to hydrolysis) is 1. The van der Waals surface area contributed by atoms with Crippen molar-refractivity contribution < 1.29 is 23.9 Å². The van der Waals surface area contributed by atoms with Crippen LogP contribution >= 0.6 is 0 Å². The maximum atomic E-state index is 14.3. The average Bonchev–Trinajstić information content (AvgIpc) is 3.74. The van der Waals surface area contributed by atoms with Crippen LogP contribution < -0.4 is 15.4 Å². The molecule has 2 aromatic carbocycles. The lowest BCUT2D eigenvalue weighted by molar-refractivity contribution is -0.142. The van der Waals surface area contributed by atoms with Crippen molar-refractivity contribution in [2.75, 3.05) is 12.4 Å². The predicted molar refractivity (Wildman–Crippen MR) is 153 cm³/mol. The molecule has 0 heterocycles. The Hall–Kier alpha value is -3.55. The number of nitrogens with one attached hydrogen (secondary N) is 2. The number of rotatable bonds is 11. The summed E-state index contributed by atoms with van der Waals surface area (Å²) in [5, 5.41) is 5.81. The number of aryl methyl sites for hydroxylation is 1. The molecule has 3 atom stereocenters. The average molecular weight is 538 g/mol. The van der Waals surface area contributed by atoms with Gasteiger partial charge >= 0.3 is 6.09 Å². The highest BCUT2D eigenvalue weighted by molar-refractivity contribution is 5.99. The monoisotopic (exact) mass is 537 g/mol. The second-order valence-electron chi connectivity index (χ2n) is 11.2. The van der Waals surface area contributed by atoms with E-state index < -0.39 is 23.8 Å². The summed E-state index contributed by atoms with van der Waals surface area (Å²) in [5.41, 5.74) is 1.76. The van der Waals surface area contributed by atoms with E-state index >= 15 is 0 Å². The maximum Gasteiger partial charge on any atom is 0.408 e. The third-order valence-corrected chi connectivity index (χ3v) is 6.93. The van der Waals surface area contributed by atoms with Gasteiger partial charge in [0.05, 0.1) is 7.11 Å². The highest BCUT2D eigenvalue weighted by Crippen LogP contribution is 2.37. The van der Waals surface area contributed by atoms with Crippen molar-refractivity contribution in [1.29, 1.82) is 0 Å². The second kappa shape index (κ2) is 13.0. The van der Waals surface area contributed by atoms with E-state index in [1.165, 1.54) is 0 Å². The largest absolute Gasteiger partial charge is 0.497 e. The van der Waals surface area contributed by atoms with Crippen molar-refractivity contribution in [2.45, 2.75) is 91.0 Å². The predicted octanol–water partition coefficient (Wildman–Crippen LogP) is 5.87. The van der Waals surface area contributed by atoms with E-state index in [1.54, 1.807) is 57.0 Å². The van der Waals surface area contributed by atoms with E-state index in [4.69, 9.17) is 9.47 Å². The van der Waals surface area contributed by atoms with Crippen LogP contribution in [0.3, 0.4) is 0 Å². The van der Waals surface area contributed by atoms with Crippen LogP contribution in [0, 0.1) is 5.92 Å². The summed E-state index contributed by atoms with van der Waals surface area (Å²) in [5.74, 6) is -0.0878. The minimum Gasteiger partial charge on any atom is -0.497 e. The van der Waals surface area contributed by atoms with Crippen LogP contribution in [0.5, 0.6) is 5.75 Å². The lowest BCUT2D eigenvalue weighted by Gasteiger charge is -2.36. The molecular weight excluding hydrogens is 494 g/mol. The fourth-order valence-corrected chi connectivity index (χ4v) is 4.41. The lowest BCUT2D eigenvalue weighted by atomic mass is 9.95. The van der Waals surface area contributed by atoms with Crippen molar-refractivity contribution >= 4 is 23.6 Å². The van der Waals surface area contributed by atoms with E-state index in [0.29, 0.717) is 17.9 Å². The molecule has 0 spiro atoms. The first-order valence-electron chi connectivity index (χ1n) is 13.8. The fraction of sp³-hybridized carbons (Fsp3) is 0.516. The molecule has 2 aromatic rings. The number of carbonyl (C=O) groups excluding carboxylic acids is 3. The molecule has 1 aliphatic carbocycles. The first-order valence-corrected chi connectivity index (χ1v) is 13.8. The Morgan fingerprint density at radius 3 is 2.10 bits per heavy atom. The molecule has 1 fully saturated rings. The Balaban J connectivity index is 1.99. The molecule has 3 rings (SSSR count). The molecule has 3 amide bonds. The number of methoxy groups -OCH3 is 1. The molecule has 1 aliphatic rings.